The SMILES string of the molecule is COC(=O)CC(=O)NC(c1ccncc1)C(O)c1ccc(OC)cc1. The van der Waals surface area contributed by atoms with Gasteiger partial charge in [-0.05, 0) is 35.4 Å². The van der Waals surface area contributed by atoms with Gasteiger partial charge in [0, 0.05) is 12.4 Å². The van der Waals surface area contributed by atoms with E-state index in [2.05, 4.69) is 15.0 Å². The van der Waals surface area contributed by atoms with Crippen LogP contribution in [0.4, 0.5) is 0 Å². The fourth-order valence-corrected chi connectivity index (χ4v) is 2.34. The number of esters is 1. The van der Waals surface area contributed by atoms with Crippen LogP contribution in [0.3, 0.4) is 0 Å². The molecule has 0 aliphatic rings. The molecular weight excluding hydrogens is 324 g/mol. The van der Waals surface area contributed by atoms with Gasteiger partial charge in [-0.1, -0.05) is 12.1 Å². The highest BCUT2D eigenvalue weighted by molar-refractivity contribution is 5.94. The summed E-state index contributed by atoms with van der Waals surface area (Å²) >= 11 is 0. The Balaban J connectivity index is 2.24. The minimum atomic E-state index is -1.02. The van der Waals surface area contributed by atoms with Crippen LogP contribution in [0.2, 0.25) is 0 Å². The highest BCUT2D eigenvalue weighted by Crippen LogP contribution is 2.29. The molecule has 2 unspecified atom stereocenters. The summed E-state index contributed by atoms with van der Waals surface area (Å²) in [5.74, 6) is -0.530. The number of aliphatic hydroxyl groups is 1. The second-order valence-corrected chi connectivity index (χ2v) is 5.30. The summed E-state index contributed by atoms with van der Waals surface area (Å²) < 4.78 is 9.60. The van der Waals surface area contributed by atoms with Crippen molar-refractivity contribution in [2.75, 3.05) is 14.2 Å². The maximum absolute atomic E-state index is 12.1. The highest BCUT2D eigenvalue weighted by Gasteiger charge is 2.25. The van der Waals surface area contributed by atoms with Gasteiger partial charge in [0.05, 0.1) is 20.3 Å². The Kier molecular flexibility index (Phi) is 6.47. The van der Waals surface area contributed by atoms with Gasteiger partial charge in [-0.25, -0.2) is 0 Å². The van der Waals surface area contributed by atoms with Gasteiger partial charge in [0.15, 0.2) is 0 Å². The molecule has 0 fully saturated rings. The van der Waals surface area contributed by atoms with Crippen LogP contribution >= 0.6 is 0 Å². The van der Waals surface area contributed by atoms with Crippen LogP contribution in [0.1, 0.15) is 29.7 Å². The zero-order valence-corrected chi connectivity index (χ0v) is 14.0. The van der Waals surface area contributed by atoms with Crippen molar-refractivity contribution in [2.24, 2.45) is 0 Å². The summed E-state index contributed by atoms with van der Waals surface area (Å²) in [5, 5.41) is 13.4. The number of methoxy groups -OCH3 is 2. The zero-order chi connectivity index (χ0) is 18.2. The molecule has 0 saturated heterocycles. The molecule has 132 valence electrons. The Morgan fingerprint density at radius 1 is 1.08 bits per heavy atom. The number of carbonyl (C=O) groups is 2. The monoisotopic (exact) mass is 344 g/mol. The van der Waals surface area contributed by atoms with Crippen molar-refractivity contribution in [3.63, 3.8) is 0 Å². The predicted octanol–water partition coefficient (Wildman–Crippen LogP) is 1.54. The first-order valence-electron chi connectivity index (χ1n) is 7.63. The minimum Gasteiger partial charge on any atom is -0.497 e. The van der Waals surface area contributed by atoms with E-state index in [-0.39, 0.29) is 0 Å². The van der Waals surface area contributed by atoms with Gasteiger partial charge in [-0.3, -0.25) is 14.6 Å². The van der Waals surface area contributed by atoms with E-state index < -0.39 is 30.4 Å². The van der Waals surface area contributed by atoms with Gasteiger partial charge in [-0.15, -0.1) is 0 Å². The van der Waals surface area contributed by atoms with E-state index in [4.69, 9.17) is 4.74 Å². The van der Waals surface area contributed by atoms with Crippen LogP contribution in [0, 0.1) is 0 Å². The van der Waals surface area contributed by atoms with Crippen LogP contribution in [0.15, 0.2) is 48.8 Å². The average molecular weight is 344 g/mol. The first-order chi connectivity index (χ1) is 12.0. The molecule has 2 rings (SSSR count). The molecule has 1 amide bonds. The van der Waals surface area contributed by atoms with Crippen molar-refractivity contribution >= 4 is 11.9 Å². The molecule has 1 aromatic heterocycles. The summed E-state index contributed by atoms with van der Waals surface area (Å²) in [6.45, 7) is 0. The number of aromatic nitrogens is 1. The quantitative estimate of drug-likeness (QED) is 0.584. The van der Waals surface area contributed by atoms with E-state index in [1.807, 2.05) is 0 Å². The van der Waals surface area contributed by atoms with Gasteiger partial charge in [0.2, 0.25) is 5.91 Å². The fraction of sp³-hybridized carbons (Fsp3) is 0.278. The maximum Gasteiger partial charge on any atom is 0.315 e. The molecule has 25 heavy (non-hydrogen) atoms. The third-order valence-corrected chi connectivity index (χ3v) is 3.69. The Labute approximate surface area is 145 Å². The zero-order valence-electron chi connectivity index (χ0n) is 14.0. The summed E-state index contributed by atoms with van der Waals surface area (Å²) in [5.41, 5.74) is 1.26. The van der Waals surface area contributed by atoms with Gasteiger partial charge in [0.25, 0.3) is 0 Å². The molecule has 0 aliphatic carbocycles. The number of carbonyl (C=O) groups excluding carboxylic acids is 2. The molecule has 0 saturated carbocycles. The summed E-state index contributed by atoms with van der Waals surface area (Å²) in [6, 6.07) is 9.50. The topological polar surface area (TPSA) is 97.8 Å². The predicted molar refractivity (Wildman–Crippen MR) is 89.7 cm³/mol. The number of aliphatic hydroxyl groups excluding tert-OH is 1. The largest absolute Gasteiger partial charge is 0.497 e. The number of nitrogens with zero attached hydrogens (tertiary/aromatic N) is 1. The Morgan fingerprint density at radius 3 is 2.28 bits per heavy atom. The number of hydrogen-bond donors (Lipinski definition) is 2. The lowest BCUT2D eigenvalue weighted by Gasteiger charge is -2.25. The van der Waals surface area contributed by atoms with E-state index >= 15 is 0 Å². The van der Waals surface area contributed by atoms with Crippen molar-refractivity contribution in [3.8, 4) is 5.75 Å². The van der Waals surface area contributed by atoms with Crippen molar-refractivity contribution in [2.45, 2.75) is 18.6 Å². The second kappa shape index (κ2) is 8.79. The van der Waals surface area contributed by atoms with E-state index in [0.29, 0.717) is 16.9 Å². The van der Waals surface area contributed by atoms with E-state index in [1.165, 1.54) is 7.11 Å². The second-order valence-electron chi connectivity index (χ2n) is 5.30. The summed E-state index contributed by atoms with van der Waals surface area (Å²) in [6.07, 6.45) is 1.69. The fourth-order valence-electron chi connectivity index (χ4n) is 2.34. The third-order valence-electron chi connectivity index (χ3n) is 3.69. The highest BCUT2D eigenvalue weighted by atomic mass is 16.5. The van der Waals surface area contributed by atoms with Crippen molar-refractivity contribution < 1.29 is 24.2 Å². The molecule has 0 spiro atoms. The smallest absolute Gasteiger partial charge is 0.315 e. The molecule has 0 bridgehead atoms. The summed E-state index contributed by atoms with van der Waals surface area (Å²) in [4.78, 5) is 27.3. The Bertz CT molecular complexity index is 703. The van der Waals surface area contributed by atoms with E-state index in [1.54, 1.807) is 55.9 Å². The lowest BCUT2D eigenvalue weighted by atomic mass is 9.96. The standard InChI is InChI=1S/C18H20N2O5/c1-24-14-5-3-13(4-6-14)18(23)17(12-7-9-19-10-8-12)20-15(21)11-16(22)25-2/h3-10,17-18,23H,11H2,1-2H3,(H,20,21). The number of hydrogen-bond acceptors (Lipinski definition) is 6. The molecule has 0 radical (unpaired) electrons. The third kappa shape index (κ3) is 5.02. The Hall–Kier alpha value is -2.93. The van der Waals surface area contributed by atoms with Crippen LogP contribution in [-0.4, -0.2) is 36.2 Å². The normalized spacial score (nSPS) is 12.8. The number of pyridine rings is 1. The lowest BCUT2D eigenvalue weighted by Crippen LogP contribution is -2.34. The minimum absolute atomic E-state index is 0.423. The summed E-state index contributed by atoms with van der Waals surface area (Å²) in [7, 11) is 2.76. The first kappa shape index (κ1) is 18.4. The number of ether oxygens (including phenoxy) is 2. The number of nitrogens with one attached hydrogen (secondary N) is 1. The van der Waals surface area contributed by atoms with Gasteiger partial charge < -0.3 is 19.9 Å². The van der Waals surface area contributed by atoms with E-state index in [0.717, 1.165) is 0 Å². The van der Waals surface area contributed by atoms with Crippen molar-refractivity contribution in [1.29, 1.82) is 0 Å². The van der Waals surface area contributed by atoms with Gasteiger partial charge >= 0.3 is 5.97 Å². The van der Waals surface area contributed by atoms with Gasteiger partial charge in [0.1, 0.15) is 18.3 Å². The van der Waals surface area contributed by atoms with Gasteiger partial charge in [-0.2, -0.15) is 0 Å². The Morgan fingerprint density at radius 2 is 1.72 bits per heavy atom. The number of benzene rings is 1. The van der Waals surface area contributed by atoms with Crippen molar-refractivity contribution in [1.82, 2.24) is 10.3 Å². The van der Waals surface area contributed by atoms with E-state index in [9.17, 15) is 14.7 Å². The molecule has 2 N–H and O–H groups in total. The molecule has 2 aromatic rings. The maximum atomic E-state index is 12.1. The molecule has 1 heterocycles. The van der Waals surface area contributed by atoms with Crippen LogP contribution in [0.25, 0.3) is 0 Å². The molecular formula is C18H20N2O5. The van der Waals surface area contributed by atoms with Crippen LogP contribution < -0.4 is 10.1 Å². The average Bonchev–Trinajstić information content (AvgIpc) is 2.66. The first-order valence-corrected chi connectivity index (χ1v) is 7.63. The lowest BCUT2D eigenvalue weighted by molar-refractivity contribution is -0.144. The number of rotatable bonds is 7. The molecule has 7 heteroatoms. The molecule has 7 nitrogen and oxygen atoms in total. The molecule has 0 aliphatic heterocycles. The number of amides is 1. The molecule has 1 aromatic carbocycles. The molecule has 2 atom stereocenters. The van der Waals surface area contributed by atoms with Crippen LogP contribution in [0.5, 0.6) is 5.75 Å². The van der Waals surface area contributed by atoms with Crippen LogP contribution in [-0.2, 0) is 14.3 Å². The van der Waals surface area contributed by atoms with Crippen molar-refractivity contribution in [3.05, 3.63) is 59.9 Å².